The van der Waals surface area contributed by atoms with Gasteiger partial charge in [0.15, 0.2) is 0 Å². The first kappa shape index (κ1) is 32.3. The molecule has 43 heavy (non-hydrogen) atoms. The van der Waals surface area contributed by atoms with Crippen LogP contribution in [0.5, 0.6) is 0 Å². The maximum Gasteiger partial charge on any atom is 2.00 e. The van der Waals surface area contributed by atoms with Crippen molar-refractivity contribution in [2.75, 3.05) is 0 Å². The van der Waals surface area contributed by atoms with Crippen molar-refractivity contribution in [3.8, 4) is 22.8 Å². The number of fused-ring (bicyclic) bond motifs is 2. The van der Waals surface area contributed by atoms with E-state index < -0.39 is 0 Å². The van der Waals surface area contributed by atoms with Crippen LogP contribution < -0.4 is 10.1 Å². The van der Waals surface area contributed by atoms with Crippen LogP contribution in [0.15, 0.2) is 73.2 Å². The number of aryl methyl sites for hydroxylation is 1. The summed E-state index contributed by atoms with van der Waals surface area (Å²) in [6, 6.07) is 18.5. The summed E-state index contributed by atoms with van der Waals surface area (Å²) in [6.07, 6.45) is 6.33. The van der Waals surface area contributed by atoms with Crippen LogP contribution in [-0.4, -0.2) is 20.1 Å². The van der Waals surface area contributed by atoms with Crippen LogP contribution in [0.1, 0.15) is 76.9 Å². The molecule has 7 heteroatoms. The van der Waals surface area contributed by atoms with Gasteiger partial charge in [-0.15, -0.1) is 5.69 Å². The molecule has 0 aliphatic heterocycles. The minimum Gasteiger partial charge on any atom is -0.659 e. The van der Waals surface area contributed by atoms with Crippen LogP contribution in [0.3, 0.4) is 0 Å². The van der Waals surface area contributed by atoms with E-state index in [9.17, 15) is 0 Å². The number of aromatic nitrogens is 6. The van der Waals surface area contributed by atoms with E-state index in [0.29, 0.717) is 11.8 Å². The molecule has 5 heterocycles. The number of benzene rings is 1. The smallest absolute Gasteiger partial charge is 0.659 e. The summed E-state index contributed by atoms with van der Waals surface area (Å²) < 4.78 is 0. The number of hydrogen-bond acceptors (Lipinski definition) is 4. The number of rotatable bonds is 5. The van der Waals surface area contributed by atoms with Crippen molar-refractivity contribution >= 4 is 21.7 Å². The molecule has 0 fully saturated rings. The third-order valence-corrected chi connectivity index (χ3v) is 7.43. The van der Waals surface area contributed by atoms with Crippen LogP contribution >= 0.6 is 0 Å². The Morgan fingerprint density at radius 1 is 0.884 bits per heavy atom. The van der Waals surface area contributed by atoms with Gasteiger partial charge in [-0.25, -0.2) is 0 Å². The molecule has 0 saturated heterocycles. The van der Waals surface area contributed by atoms with Gasteiger partial charge in [0, 0.05) is 40.0 Å². The fourth-order valence-electron chi connectivity index (χ4n) is 5.32. The maximum absolute atomic E-state index is 5.15. The van der Waals surface area contributed by atoms with E-state index >= 15 is 0 Å². The molecule has 0 aliphatic rings. The Labute approximate surface area is 269 Å². The summed E-state index contributed by atoms with van der Waals surface area (Å²) in [5, 5.41) is 12.4. The molecule has 0 amide bonds. The zero-order valence-electron chi connectivity index (χ0n) is 26.3. The van der Waals surface area contributed by atoms with E-state index in [2.05, 4.69) is 112 Å². The van der Waals surface area contributed by atoms with Gasteiger partial charge in [-0.3, -0.25) is 15.0 Å². The van der Waals surface area contributed by atoms with Crippen molar-refractivity contribution in [3.63, 3.8) is 0 Å². The van der Waals surface area contributed by atoms with Gasteiger partial charge in [-0.1, -0.05) is 109 Å². The molecule has 0 atom stereocenters. The largest absolute Gasteiger partial charge is 2.00 e. The van der Waals surface area contributed by atoms with Crippen LogP contribution in [0, 0.1) is 12.8 Å². The van der Waals surface area contributed by atoms with Gasteiger partial charge in [0.1, 0.15) is 0 Å². The Hall–Kier alpha value is -3.63. The zero-order valence-corrected chi connectivity index (χ0v) is 28.6. The Balaban J connectivity index is 0.000000323. The molecule has 0 N–H and O–H groups in total. The second-order valence-corrected chi connectivity index (χ2v) is 12.7. The first-order chi connectivity index (χ1) is 20.0. The molecule has 5 aromatic heterocycles. The van der Waals surface area contributed by atoms with Crippen LogP contribution in [0.25, 0.3) is 44.5 Å². The summed E-state index contributed by atoms with van der Waals surface area (Å²) in [5.74, 6) is 0.960. The predicted octanol–water partition coefficient (Wildman–Crippen LogP) is 8.43. The molecular formula is C36H40N6Pt. The average Bonchev–Trinajstić information content (AvgIpc) is 3.58. The topological polar surface area (TPSA) is 79.8 Å². The molecule has 1 aromatic carbocycles. The molecule has 0 spiro atoms. The average molecular weight is 752 g/mol. The quantitative estimate of drug-likeness (QED) is 0.176. The van der Waals surface area contributed by atoms with Crippen molar-refractivity contribution in [2.24, 2.45) is 5.92 Å². The van der Waals surface area contributed by atoms with Crippen LogP contribution in [-0.2, 0) is 32.9 Å². The monoisotopic (exact) mass is 751 g/mol. The number of hydrogen-bond donors (Lipinski definition) is 0. The second kappa shape index (κ2) is 13.3. The summed E-state index contributed by atoms with van der Waals surface area (Å²) in [6.45, 7) is 17.6. The van der Waals surface area contributed by atoms with Crippen molar-refractivity contribution in [1.29, 1.82) is 0 Å². The van der Waals surface area contributed by atoms with Gasteiger partial charge in [0.2, 0.25) is 0 Å². The maximum atomic E-state index is 5.15. The summed E-state index contributed by atoms with van der Waals surface area (Å²) in [5.41, 5.74) is 9.33. The normalized spacial score (nSPS) is 11.6. The minimum atomic E-state index is -0.0560. The van der Waals surface area contributed by atoms with Gasteiger partial charge < -0.3 is 15.2 Å². The summed E-state index contributed by atoms with van der Waals surface area (Å²) in [7, 11) is 0. The van der Waals surface area contributed by atoms with Gasteiger partial charge in [-0.05, 0) is 41.8 Å². The van der Waals surface area contributed by atoms with Gasteiger partial charge in [-0.2, -0.15) is 5.69 Å². The molecule has 0 saturated carbocycles. The Bertz CT molecular complexity index is 1760. The fourth-order valence-corrected chi connectivity index (χ4v) is 5.32. The second-order valence-electron chi connectivity index (χ2n) is 12.7. The van der Waals surface area contributed by atoms with E-state index in [-0.39, 0.29) is 26.5 Å². The molecule has 0 unspecified atom stereocenters. The summed E-state index contributed by atoms with van der Waals surface area (Å²) >= 11 is 0. The minimum absolute atomic E-state index is 0. The zero-order chi connectivity index (χ0) is 30.0. The van der Waals surface area contributed by atoms with E-state index in [1.54, 1.807) is 18.6 Å². The van der Waals surface area contributed by atoms with E-state index in [4.69, 9.17) is 9.97 Å². The number of nitrogens with zero attached hydrogens (tertiary/aromatic N) is 6. The van der Waals surface area contributed by atoms with Crippen molar-refractivity contribution < 1.29 is 21.1 Å². The third kappa shape index (κ3) is 7.13. The molecular weight excluding hydrogens is 712 g/mol. The molecule has 6 nitrogen and oxygen atoms in total. The van der Waals surface area contributed by atoms with Crippen LogP contribution in [0.2, 0.25) is 0 Å². The molecule has 6 aromatic rings. The van der Waals surface area contributed by atoms with E-state index in [1.807, 2.05) is 18.2 Å². The fraction of sp³-hybridized carbons (Fsp3) is 0.333. The molecule has 0 aliphatic carbocycles. The van der Waals surface area contributed by atoms with Gasteiger partial charge in [0.05, 0.1) is 17.4 Å². The first-order valence-corrected chi connectivity index (χ1v) is 14.7. The van der Waals surface area contributed by atoms with Crippen molar-refractivity contribution in [2.45, 2.75) is 73.1 Å². The predicted molar refractivity (Wildman–Crippen MR) is 173 cm³/mol. The molecule has 6 rings (SSSR count). The van der Waals surface area contributed by atoms with Crippen molar-refractivity contribution in [1.82, 2.24) is 30.1 Å². The third-order valence-electron chi connectivity index (χ3n) is 7.43. The Morgan fingerprint density at radius 2 is 1.63 bits per heavy atom. The van der Waals surface area contributed by atoms with E-state index in [0.717, 1.165) is 62.3 Å². The molecule has 224 valence electrons. The SMILES string of the molecule is Cc1[n-]c(-c2cc3ccccc3c(-c3cc(C(C)(C)C)n[n-]3)n2)c(C(C)C)c1CC(C)C.[Pt+2].c1cnc2cnccc2c1. The van der Waals surface area contributed by atoms with Gasteiger partial charge in [0.25, 0.3) is 0 Å². The van der Waals surface area contributed by atoms with Gasteiger partial charge >= 0.3 is 21.1 Å². The molecule has 0 bridgehead atoms. The summed E-state index contributed by atoms with van der Waals surface area (Å²) in [4.78, 5) is 18.3. The van der Waals surface area contributed by atoms with E-state index in [1.165, 1.54) is 11.1 Å². The van der Waals surface area contributed by atoms with Crippen LogP contribution in [0.4, 0.5) is 0 Å². The number of pyridine rings is 3. The Kier molecular flexibility index (Phi) is 10.0. The Morgan fingerprint density at radius 3 is 2.30 bits per heavy atom. The first-order valence-electron chi connectivity index (χ1n) is 14.7. The molecule has 0 radical (unpaired) electrons. The standard InChI is InChI=1S/C28H34N4.C8H6N2.Pt/c1-16(2)13-21-18(5)29-27(25(21)17(3)4)22-14-19-11-9-10-12-20(19)26(30-22)23-15-24(32-31-23)28(6,7)8;1-2-7-3-5-9-6-8(7)10-4-1;/h9-12,14-17H,13H2,1-8H3;1-6H;/q-2;;+2. The van der Waals surface area contributed by atoms with Crippen molar-refractivity contribution in [3.05, 3.63) is 95.7 Å².